The smallest absolute Gasteiger partial charge is 0.228 e. The summed E-state index contributed by atoms with van der Waals surface area (Å²) in [4.78, 5) is 8.75. The maximum atomic E-state index is 5.09. The van der Waals surface area contributed by atoms with E-state index >= 15 is 0 Å². The largest absolute Gasteiger partial charge is 0.357 e. The fraction of sp³-hybridized carbons (Fsp3) is 0.438. The highest BCUT2D eigenvalue weighted by Crippen LogP contribution is 2.04. The van der Waals surface area contributed by atoms with Crippen LogP contribution >= 0.6 is 24.0 Å². The highest BCUT2D eigenvalue weighted by molar-refractivity contribution is 14.0. The Hall–Kier alpha value is -1.64. The first-order valence-corrected chi connectivity index (χ1v) is 7.54. The third-order valence-corrected chi connectivity index (χ3v) is 3.09. The molecule has 0 saturated heterocycles. The number of aromatic nitrogens is 2. The summed E-state index contributed by atoms with van der Waals surface area (Å²) in [5, 5.41) is 10.3. The molecule has 0 aliphatic rings. The lowest BCUT2D eigenvalue weighted by molar-refractivity contribution is 0.374. The van der Waals surface area contributed by atoms with Gasteiger partial charge in [0.05, 0.1) is 6.54 Å². The van der Waals surface area contributed by atoms with E-state index in [-0.39, 0.29) is 24.0 Å². The zero-order valence-electron chi connectivity index (χ0n) is 13.8. The molecule has 0 radical (unpaired) electrons. The second-order valence-electron chi connectivity index (χ2n) is 5.09. The number of rotatable bonds is 6. The van der Waals surface area contributed by atoms with Gasteiger partial charge in [-0.25, -0.2) is 4.99 Å². The van der Waals surface area contributed by atoms with Crippen LogP contribution in [0.15, 0.2) is 33.8 Å². The van der Waals surface area contributed by atoms with Gasteiger partial charge in [0.1, 0.15) is 0 Å². The standard InChI is InChI=1S/C16H23N5O.HI/c1-4-17-16(18-10-9-15-20-13(3)21-22-15)19-11-14-7-5-12(2)6-8-14;/h5-8H,4,9-11H2,1-3H3,(H2,17,18,19);1H. The molecule has 0 aliphatic heterocycles. The number of aryl methyl sites for hydroxylation is 2. The molecule has 1 aromatic heterocycles. The van der Waals surface area contributed by atoms with Gasteiger partial charge in [0, 0.05) is 19.5 Å². The Labute approximate surface area is 154 Å². The van der Waals surface area contributed by atoms with Gasteiger partial charge in [-0.2, -0.15) is 4.98 Å². The first-order valence-electron chi connectivity index (χ1n) is 7.54. The monoisotopic (exact) mass is 429 g/mol. The highest BCUT2D eigenvalue weighted by Gasteiger charge is 2.03. The Bertz CT molecular complexity index is 609. The van der Waals surface area contributed by atoms with Crippen LogP contribution in [0, 0.1) is 13.8 Å². The number of benzene rings is 1. The van der Waals surface area contributed by atoms with Crippen molar-refractivity contribution >= 4 is 29.9 Å². The quantitative estimate of drug-likeness (QED) is 0.420. The van der Waals surface area contributed by atoms with Crippen LogP contribution in [0.3, 0.4) is 0 Å². The number of guanidine groups is 1. The van der Waals surface area contributed by atoms with Gasteiger partial charge in [-0.1, -0.05) is 35.0 Å². The number of hydrogen-bond acceptors (Lipinski definition) is 4. The molecular formula is C16H24IN5O. The van der Waals surface area contributed by atoms with Gasteiger partial charge in [-0.15, -0.1) is 24.0 Å². The van der Waals surface area contributed by atoms with Crippen LogP contribution in [0.1, 0.15) is 29.8 Å². The Balaban J connectivity index is 0.00000264. The molecule has 0 bridgehead atoms. The molecule has 0 atom stereocenters. The summed E-state index contributed by atoms with van der Waals surface area (Å²) in [5.74, 6) is 2.09. The Morgan fingerprint density at radius 2 is 1.91 bits per heavy atom. The van der Waals surface area contributed by atoms with Crippen molar-refractivity contribution in [3.05, 3.63) is 47.1 Å². The fourth-order valence-corrected chi connectivity index (χ4v) is 1.93. The van der Waals surface area contributed by atoms with E-state index in [0.29, 0.717) is 31.2 Å². The van der Waals surface area contributed by atoms with Gasteiger partial charge in [0.25, 0.3) is 0 Å². The van der Waals surface area contributed by atoms with Gasteiger partial charge >= 0.3 is 0 Å². The molecule has 0 saturated carbocycles. The third kappa shape index (κ3) is 6.98. The van der Waals surface area contributed by atoms with Crippen molar-refractivity contribution in [3.8, 4) is 0 Å². The number of nitrogens with zero attached hydrogens (tertiary/aromatic N) is 3. The Morgan fingerprint density at radius 3 is 2.52 bits per heavy atom. The first-order chi connectivity index (χ1) is 10.7. The lowest BCUT2D eigenvalue weighted by atomic mass is 10.1. The summed E-state index contributed by atoms with van der Waals surface area (Å²) in [6.07, 6.45) is 0.676. The van der Waals surface area contributed by atoms with Gasteiger partial charge in [-0.3, -0.25) is 0 Å². The first kappa shape index (κ1) is 19.4. The molecule has 23 heavy (non-hydrogen) atoms. The van der Waals surface area contributed by atoms with E-state index in [9.17, 15) is 0 Å². The van der Waals surface area contributed by atoms with Crippen LogP contribution in [-0.2, 0) is 13.0 Å². The zero-order valence-corrected chi connectivity index (χ0v) is 16.1. The predicted molar refractivity (Wildman–Crippen MR) is 102 cm³/mol. The molecule has 0 spiro atoms. The van der Waals surface area contributed by atoms with Crippen molar-refractivity contribution in [3.63, 3.8) is 0 Å². The van der Waals surface area contributed by atoms with Crippen molar-refractivity contribution in [1.82, 2.24) is 20.8 Å². The molecular weight excluding hydrogens is 405 g/mol. The minimum Gasteiger partial charge on any atom is -0.357 e. The molecule has 0 amide bonds. The molecule has 1 aromatic carbocycles. The van der Waals surface area contributed by atoms with Crippen molar-refractivity contribution in [1.29, 1.82) is 0 Å². The molecule has 1 heterocycles. The fourth-order valence-electron chi connectivity index (χ4n) is 1.93. The van der Waals surface area contributed by atoms with E-state index in [4.69, 9.17) is 4.52 Å². The number of nitrogens with one attached hydrogen (secondary N) is 2. The van der Waals surface area contributed by atoms with Crippen molar-refractivity contribution in [2.24, 2.45) is 4.99 Å². The van der Waals surface area contributed by atoms with Crippen LogP contribution in [0.2, 0.25) is 0 Å². The minimum atomic E-state index is 0. The predicted octanol–water partition coefficient (Wildman–Crippen LogP) is 2.60. The van der Waals surface area contributed by atoms with Crippen LogP contribution in [-0.4, -0.2) is 29.2 Å². The van der Waals surface area contributed by atoms with E-state index in [0.717, 1.165) is 12.5 Å². The average Bonchev–Trinajstić information content (AvgIpc) is 2.92. The van der Waals surface area contributed by atoms with Crippen LogP contribution in [0.25, 0.3) is 0 Å². The Morgan fingerprint density at radius 1 is 1.17 bits per heavy atom. The number of hydrogen-bond donors (Lipinski definition) is 2. The lowest BCUT2D eigenvalue weighted by Gasteiger charge is -2.10. The maximum Gasteiger partial charge on any atom is 0.228 e. The number of halogens is 1. The van der Waals surface area contributed by atoms with Crippen molar-refractivity contribution < 1.29 is 4.52 Å². The van der Waals surface area contributed by atoms with E-state index in [2.05, 4.69) is 57.0 Å². The molecule has 7 heteroatoms. The zero-order chi connectivity index (χ0) is 15.8. The molecule has 0 fully saturated rings. The van der Waals surface area contributed by atoms with Crippen LogP contribution in [0.5, 0.6) is 0 Å². The van der Waals surface area contributed by atoms with Gasteiger partial charge < -0.3 is 15.2 Å². The number of aliphatic imine (C=N–C) groups is 1. The second-order valence-corrected chi connectivity index (χ2v) is 5.09. The minimum absolute atomic E-state index is 0. The molecule has 6 nitrogen and oxygen atoms in total. The molecule has 0 aliphatic carbocycles. The van der Waals surface area contributed by atoms with Gasteiger partial charge in [-0.05, 0) is 26.3 Å². The molecule has 126 valence electrons. The normalized spacial score (nSPS) is 11.0. The highest BCUT2D eigenvalue weighted by atomic mass is 127. The van der Waals surface area contributed by atoms with Crippen molar-refractivity contribution in [2.45, 2.75) is 33.7 Å². The molecule has 2 aromatic rings. The molecule has 2 rings (SSSR count). The third-order valence-electron chi connectivity index (χ3n) is 3.09. The second kappa shape index (κ2) is 10.2. The van der Waals surface area contributed by atoms with Gasteiger partial charge in [0.2, 0.25) is 5.89 Å². The lowest BCUT2D eigenvalue weighted by Crippen LogP contribution is -2.38. The van der Waals surface area contributed by atoms with E-state index < -0.39 is 0 Å². The SMILES string of the molecule is CCNC(=NCc1ccc(C)cc1)NCCc1nc(C)no1.I. The summed E-state index contributed by atoms with van der Waals surface area (Å²) in [6.45, 7) is 8.10. The van der Waals surface area contributed by atoms with E-state index in [1.54, 1.807) is 0 Å². The summed E-state index contributed by atoms with van der Waals surface area (Å²) >= 11 is 0. The molecule has 0 unspecified atom stereocenters. The summed E-state index contributed by atoms with van der Waals surface area (Å²) in [6, 6.07) is 8.40. The van der Waals surface area contributed by atoms with Crippen LogP contribution in [0.4, 0.5) is 0 Å². The Kier molecular flexibility index (Phi) is 8.60. The summed E-state index contributed by atoms with van der Waals surface area (Å²) < 4.78 is 5.09. The van der Waals surface area contributed by atoms with Gasteiger partial charge in [0.15, 0.2) is 11.8 Å². The summed E-state index contributed by atoms with van der Waals surface area (Å²) in [5.41, 5.74) is 2.45. The van der Waals surface area contributed by atoms with E-state index in [1.807, 2.05) is 13.8 Å². The van der Waals surface area contributed by atoms with Crippen LogP contribution < -0.4 is 10.6 Å². The maximum absolute atomic E-state index is 5.09. The van der Waals surface area contributed by atoms with Crippen molar-refractivity contribution in [2.75, 3.05) is 13.1 Å². The topological polar surface area (TPSA) is 75.3 Å². The van der Waals surface area contributed by atoms with E-state index in [1.165, 1.54) is 11.1 Å². The molecule has 2 N–H and O–H groups in total. The average molecular weight is 429 g/mol. The summed E-state index contributed by atoms with van der Waals surface area (Å²) in [7, 11) is 0.